The summed E-state index contributed by atoms with van der Waals surface area (Å²) in [5, 5.41) is 7.71. The summed E-state index contributed by atoms with van der Waals surface area (Å²) >= 11 is 15.7. The second kappa shape index (κ2) is 8.78. The lowest BCUT2D eigenvalue weighted by Crippen LogP contribution is -2.16. The van der Waals surface area contributed by atoms with Crippen LogP contribution in [0.25, 0.3) is 11.3 Å². The fourth-order valence-electron chi connectivity index (χ4n) is 2.47. The fraction of sp³-hybridized carbons (Fsp3) is 0.158. The number of benzene rings is 2. The molecule has 0 saturated carbocycles. The molecule has 140 valence electrons. The van der Waals surface area contributed by atoms with Gasteiger partial charge in [0.15, 0.2) is 5.76 Å². The van der Waals surface area contributed by atoms with E-state index in [4.69, 9.17) is 32.5 Å². The van der Waals surface area contributed by atoms with Gasteiger partial charge >= 0.3 is 6.09 Å². The number of halogens is 3. The largest absolute Gasteiger partial charge is 0.449 e. The molecule has 5 nitrogen and oxygen atoms in total. The van der Waals surface area contributed by atoms with Crippen LogP contribution in [0.4, 0.5) is 10.5 Å². The van der Waals surface area contributed by atoms with E-state index < -0.39 is 6.09 Å². The predicted octanol–water partition coefficient (Wildman–Crippen LogP) is 6.51. The molecular weight excluding hydrogens is 455 g/mol. The first-order valence-corrected chi connectivity index (χ1v) is 9.59. The number of carbonyl (C=O) groups is 1. The molecule has 1 aromatic heterocycles. The monoisotopic (exact) mass is 468 g/mol. The highest BCUT2D eigenvalue weighted by atomic mass is 79.9. The standard InChI is InChI=1S/C19H15BrCl2N2O3/c1-11-17(18(27-24-11)14-7-6-13(20)10-16(14)22)23-19(25)26-9-8-12-4-2-3-5-15(12)21/h2-7,10H,8-9H2,1H3,(H,23,25). The third-order valence-corrected chi connectivity index (χ3v) is 5.00. The summed E-state index contributed by atoms with van der Waals surface area (Å²) in [5.41, 5.74) is 2.47. The van der Waals surface area contributed by atoms with Gasteiger partial charge in [-0.15, -0.1) is 0 Å². The molecule has 2 aromatic carbocycles. The molecule has 8 heteroatoms. The van der Waals surface area contributed by atoms with Gasteiger partial charge in [-0.1, -0.05) is 62.5 Å². The number of rotatable bonds is 5. The fourth-order valence-corrected chi connectivity index (χ4v) is 3.46. The van der Waals surface area contributed by atoms with E-state index in [0.29, 0.717) is 39.2 Å². The molecule has 1 heterocycles. The average Bonchev–Trinajstić information content (AvgIpc) is 2.97. The number of ether oxygens (including phenoxy) is 1. The van der Waals surface area contributed by atoms with Crippen molar-refractivity contribution in [2.75, 3.05) is 11.9 Å². The quantitative estimate of drug-likeness (QED) is 0.462. The van der Waals surface area contributed by atoms with E-state index in [1.54, 1.807) is 25.1 Å². The molecule has 3 aromatic rings. The van der Waals surface area contributed by atoms with E-state index in [2.05, 4.69) is 26.4 Å². The summed E-state index contributed by atoms with van der Waals surface area (Å²) in [7, 11) is 0. The molecule has 1 N–H and O–H groups in total. The van der Waals surface area contributed by atoms with Crippen LogP contribution >= 0.6 is 39.1 Å². The first-order valence-electron chi connectivity index (χ1n) is 8.04. The molecule has 27 heavy (non-hydrogen) atoms. The molecule has 0 radical (unpaired) electrons. The van der Waals surface area contributed by atoms with E-state index in [9.17, 15) is 4.79 Å². The van der Waals surface area contributed by atoms with Crippen LogP contribution < -0.4 is 5.32 Å². The van der Waals surface area contributed by atoms with Crippen LogP contribution in [-0.4, -0.2) is 17.9 Å². The van der Waals surface area contributed by atoms with E-state index in [1.807, 2.05) is 24.3 Å². The number of nitrogens with one attached hydrogen (secondary N) is 1. The van der Waals surface area contributed by atoms with Crippen LogP contribution in [0, 0.1) is 6.92 Å². The Bertz CT molecular complexity index is 975. The number of amides is 1. The van der Waals surface area contributed by atoms with E-state index in [-0.39, 0.29) is 6.61 Å². The minimum atomic E-state index is -0.608. The Morgan fingerprint density at radius 2 is 2.00 bits per heavy atom. The molecule has 0 unspecified atom stereocenters. The normalized spacial score (nSPS) is 10.7. The summed E-state index contributed by atoms with van der Waals surface area (Å²) in [5.74, 6) is 0.369. The highest BCUT2D eigenvalue weighted by molar-refractivity contribution is 9.10. The molecule has 1 amide bonds. The SMILES string of the molecule is Cc1noc(-c2ccc(Br)cc2Cl)c1NC(=O)OCCc1ccccc1Cl. The van der Waals surface area contributed by atoms with Crippen LogP contribution in [0.3, 0.4) is 0 Å². The number of anilines is 1. The van der Waals surface area contributed by atoms with Crippen LogP contribution in [0.15, 0.2) is 51.5 Å². The Labute approximate surface area is 174 Å². The van der Waals surface area contributed by atoms with Crippen molar-refractivity contribution in [1.82, 2.24) is 5.16 Å². The zero-order valence-corrected chi connectivity index (χ0v) is 17.4. The first kappa shape index (κ1) is 19.7. The number of aromatic nitrogens is 1. The summed E-state index contributed by atoms with van der Waals surface area (Å²) in [6.07, 6.45) is -0.0935. The number of aryl methyl sites for hydroxylation is 1. The zero-order chi connectivity index (χ0) is 19.4. The lowest BCUT2D eigenvalue weighted by Gasteiger charge is -2.09. The lowest BCUT2D eigenvalue weighted by molar-refractivity contribution is 0.163. The predicted molar refractivity (Wildman–Crippen MR) is 110 cm³/mol. The molecule has 3 rings (SSSR count). The Morgan fingerprint density at radius 1 is 1.22 bits per heavy atom. The lowest BCUT2D eigenvalue weighted by atomic mass is 10.1. The molecule has 0 spiro atoms. The number of hydrogen-bond donors (Lipinski definition) is 1. The van der Waals surface area contributed by atoms with Gasteiger partial charge in [-0.05, 0) is 36.8 Å². The van der Waals surface area contributed by atoms with E-state index in [0.717, 1.165) is 10.0 Å². The molecular formula is C19H15BrCl2N2O3. The third-order valence-electron chi connectivity index (χ3n) is 3.83. The molecule has 0 aliphatic rings. The summed E-state index contributed by atoms with van der Waals surface area (Å²) < 4.78 is 11.4. The van der Waals surface area contributed by atoms with Gasteiger partial charge in [-0.3, -0.25) is 5.32 Å². The molecule has 0 aliphatic heterocycles. The average molecular weight is 470 g/mol. The van der Waals surface area contributed by atoms with Crippen molar-refractivity contribution < 1.29 is 14.1 Å². The molecule has 0 atom stereocenters. The van der Waals surface area contributed by atoms with Gasteiger partial charge in [0.1, 0.15) is 11.4 Å². The van der Waals surface area contributed by atoms with E-state index in [1.165, 1.54) is 0 Å². The number of nitrogens with zero attached hydrogens (tertiary/aromatic N) is 1. The van der Waals surface area contributed by atoms with Gasteiger partial charge in [0, 0.05) is 21.5 Å². The van der Waals surface area contributed by atoms with Crippen molar-refractivity contribution in [3.05, 3.63) is 68.2 Å². The second-order valence-electron chi connectivity index (χ2n) is 5.70. The van der Waals surface area contributed by atoms with Gasteiger partial charge in [0.05, 0.1) is 11.6 Å². The van der Waals surface area contributed by atoms with Crippen LogP contribution in [0.1, 0.15) is 11.3 Å². The van der Waals surface area contributed by atoms with Crippen molar-refractivity contribution in [1.29, 1.82) is 0 Å². The molecule has 0 aliphatic carbocycles. The van der Waals surface area contributed by atoms with Crippen molar-refractivity contribution in [2.45, 2.75) is 13.3 Å². The smallest absolute Gasteiger partial charge is 0.411 e. The maximum atomic E-state index is 12.2. The Morgan fingerprint density at radius 3 is 2.74 bits per heavy atom. The van der Waals surface area contributed by atoms with Gasteiger partial charge in [-0.25, -0.2) is 4.79 Å². The van der Waals surface area contributed by atoms with Crippen LogP contribution in [-0.2, 0) is 11.2 Å². The Balaban J connectivity index is 1.68. The van der Waals surface area contributed by atoms with Gasteiger partial charge in [0.25, 0.3) is 0 Å². The maximum absolute atomic E-state index is 12.2. The Kier molecular flexibility index (Phi) is 6.42. The molecule has 0 bridgehead atoms. The number of hydrogen-bond acceptors (Lipinski definition) is 4. The zero-order valence-electron chi connectivity index (χ0n) is 14.3. The maximum Gasteiger partial charge on any atom is 0.411 e. The summed E-state index contributed by atoms with van der Waals surface area (Å²) in [4.78, 5) is 12.2. The minimum absolute atomic E-state index is 0.189. The summed E-state index contributed by atoms with van der Waals surface area (Å²) in [6, 6.07) is 12.8. The van der Waals surface area contributed by atoms with Crippen LogP contribution in [0.5, 0.6) is 0 Å². The Hall–Kier alpha value is -2.02. The van der Waals surface area contributed by atoms with Gasteiger partial charge in [0.2, 0.25) is 0 Å². The van der Waals surface area contributed by atoms with E-state index >= 15 is 0 Å². The van der Waals surface area contributed by atoms with Gasteiger partial charge in [-0.2, -0.15) is 0 Å². The van der Waals surface area contributed by atoms with Crippen LogP contribution in [0.2, 0.25) is 10.0 Å². The third kappa shape index (κ3) is 4.83. The van der Waals surface area contributed by atoms with Crippen molar-refractivity contribution >= 4 is 50.9 Å². The molecule has 0 fully saturated rings. The first-order chi connectivity index (χ1) is 13.0. The van der Waals surface area contributed by atoms with Gasteiger partial charge < -0.3 is 9.26 Å². The molecule has 0 saturated heterocycles. The highest BCUT2D eigenvalue weighted by Crippen LogP contribution is 2.36. The minimum Gasteiger partial charge on any atom is -0.449 e. The van der Waals surface area contributed by atoms with Crippen molar-refractivity contribution in [3.8, 4) is 11.3 Å². The van der Waals surface area contributed by atoms with Crippen molar-refractivity contribution in [2.24, 2.45) is 0 Å². The topological polar surface area (TPSA) is 64.4 Å². The number of carbonyl (C=O) groups excluding carboxylic acids is 1. The second-order valence-corrected chi connectivity index (χ2v) is 7.43. The highest BCUT2D eigenvalue weighted by Gasteiger charge is 2.20. The van der Waals surface area contributed by atoms with Crippen molar-refractivity contribution in [3.63, 3.8) is 0 Å². The summed E-state index contributed by atoms with van der Waals surface area (Å²) in [6.45, 7) is 1.91.